The number of ketones is 1. The summed E-state index contributed by atoms with van der Waals surface area (Å²) in [6.07, 6.45) is 5.70. The lowest BCUT2D eigenvalue weighted by Crippen LogP contribution is -2.22. The third-order valence-corrected chi connectivity index (χ3v) is 16.5. The van der Waals surface area contributed by atoms with Gasteiger partial charge >= 0.3 is 5.97 Å². The fourth-order valence-electron chi connectivity index (χ4n) is 11.3. The summed E-state index contributed by atoms with van der Waals surface area (Å²) < 4.78 is 5.12. The number of hydrogen-bond acceptors (Lipinski definition) is 12. The highest BCUT2D eigenvalue weighted by atomic mass is 16.5. The lowest BCUT2D eigenvalue weighted by molar-refractivity contribution is 0.0504. The summed E-state index contributed by atoms with van der Waals surface area (Å²) in [5.41, 5.74) is 14.6. The van der Waals surface area contributed by atoms with Crippen LogP contribution in [0.1, 0.15) is 81.8 Å². The number of fused-ring (bicyclic) bond motifs is 3. The Hall–Kier alpha value is -13.4. The number of carbonyl (C=O) groups excluding carboxylic acids is 5. The molecule has 3 amide bonds. The quantitative estimate of drug-likeness (QED) is 0.0369. The molecular weight excluding hydrogens is 1250 g/mol. The Morgan fingerprint density at radius 2 is 0.710 bits per heavy atom. The standard InChI is InChI=1S/C29H20N2O3.C29H22N2O2.C27H24N2O4/c32-26-18-24(17-22-10-5-15-30-27(22)26)21-8-4-9-23(16-21)29(34)31-25-13-11-20(12-14-25)28(33)19-6-2-1-3-7-19;32-27-18-26(17-24-10-5-15-30-28(24)27)23-8-4-9-25(16-23)29(33)31-19-20-11-13-22(14-12-20)21-6-2-1-3-7-21;1-2-13-33-27(32)19-10-8-18(9-11-19)17-29-26(31)22-6-3-5-20(14-22)23-15-21-7-4-12-28-25(21)24(30)16-23/h1-18,32H,(H,31,34);1-18,32H,19H2,(H,31,33);3-12,14-16,30H,2,13,17H2,1H3,(H,29,31). The van der Waals surface area contributed by atoms with Gasteiger partial charge in [-0.2, -0.15) is 0 Å². The highest BCUT2D eigenvalue weighted by Crippen LogP contribution is 2.34. The van der Waals surface area contributed by atoms with Gasteiger partial charge < -0.3 is 36.0 Å². The van der Waals surface area contributed by atoms with Crippen molar-refractivity contribution < 1.29 is 44.0 Å². The molecule has 0 atom stereocenters. The summed E-state index contributed by atoms with van der Waals surface area (Å²) in [5.74, 6) is -0.731. The number of pyridine rings is 3. The van der Waals surface area contributed by atoms with Crippen LogP contribution in [0, 0.1) is 0 Å². The lowest BCUT2D eigenvalue weighted by atomic mass is 10.0. The zero-order valence-corrected chi connectivity index (χ0v) is 54.3. The molecule has 0 bridgehead atoms. The monoisotopic (exact) mass is 1310 g/mol. The zero-order valence-electron chi connectivity index (χ0n) is 54.3. The number of benzene rings is 11. The van der Waals surface area contributed by atoms with Gasteiger partial charge in [0, 0.05) is 81.3 Å². The topological polar surface area (TPSA) is 230 Å². The van der Waals surface area contributed by atoms with E-state index in [4.69, 9.17) is 4.74 Å². The van der Waals surface area contributed by atoms with Gasteiger partial charge in [-0.3, -0.25) is 34.1 Å². The Morgan fingerprint density at radius 1 is 0.340 bits per heavy atom. The molecule has 100 heavy (non-hydrogen) atoms. The number of ether oxygens (including phenoxy) is 1. The van der Waals surface area contributed by atoms with E-state index in [0.717, 1.165) is 72.7 Å². The maximum atomic E-state index is 12.9. The largest absolute Gasteiger partial charge is 0.506 e. The van der Waals surface area contributed by atoms with Gasteiger partial charge in [-0.1, -0.05) is 159 Å². The van der Waals surface area contributed by atoms with Gasteiger partial charge in [0.15, 0.2) is 5.78 Å². The molecule has 3 aromatic heterocycles. The van der Waals surface area contributed by atoms with Crippen molar-refractivity contribution in [2.24, 2.45) is 0 Å². The van der Waals surface area contributed by atoms with E-state index in [9.17, 15) is 39.3 Å². The van der Waals surface area contributed by atoms with E-state index in [1.165, 1.54) is 5.56 Å². The average molecular weight is 1320 g/mol. The first kappa shape index (κ1) is 66.6. The number of aromatic hydroxyl groups is 3. The molecule has 0 aliphatic heterocycles. The van der Waals surface area contributed by atoms with Crippen LogP contribution in [0.3, 0.4) is 0 Å². The van der Waals surface area contributed by atoms with Crippen LogP contribution in [0.5, 0.6) is 17.2 Å². The van der Waals surface area contributed by atoms with Crippen molar-refractivity contribution in [3.63, 3.8) is 0 Å². The molecular formula is C85H66N6O9. The van der Waals surface area contributed by atoms with Crippen LogP contribution < -0.4 is 16.0 Å². The molecule has 6 N–H and O–H groups in total. The smallest absolute Gasteiger partial charge is 0.338 e. The highest BCUT2D eigenvalue weighted by Gasteiger charge is 2.16. The second-order valence-electron chi connectivity index (χ2n) is 23.4. The van der Waals surface area contributed by atoms with Gasteiger partial charge in [0.25, 0.3) is 17.7 Å². The number of hydrogen-bond donors (Lipinski definition) is 6. The first-order valence-electron chi connectivity index (χ1n) is 32.3. The summed E-state index contributed by atoms with van der Waals surface area (Å²) in [5, 5.41) is 42.3. The molecule has 0 saturated heterocycles. The van der Waals surface area contributed by atoms with E-state index < -0.39 is 0 Å². The van der Waals surface area contributed by atoms with Crippen molar-refractivity contribution in [3.05, 3.63) is 342 Å². The summed E-state index contributed by atoms with van der Waals surface area (Å²) in [6.45, 7) is 3.11. The number of phenols is 3. The molecule has 0 spiro atoms. The number of nitrogens with zero attached hydrogens (tertiary/aromatic N) is 3. The van der Waals surface area contributed by atoms with Gasteiger partial charge in [0.2, 0.25) is 0 Å². The highest BCUT2D eigenvalue weighted by molar-refractivity contribution is 6.10. The molecule has 0 aliphatic carbocycles. The van der Waals surface area contributed by atoms with Crippen molar-refractivity contribution in [1.29, 1.82) is 0 Å². The van der Waals surface area contributed by atoms with E-state index in [2.05, 4.69) is 55.2 Å². The first-order chi connectivity index (χ1) is 48.8. The Kier molecular flexibility index (Phi) is 20.9. The molecule has 11 aromatic carbocycles. The maximum Gasteiger partial charge on any atom is 0.338 e. The summed E-state index contributed by atoms with van der Waals surface area (Å²) in [6, 6.07) is 85.1. The lowest BCUT2D eigenvalue weighted by Gasteiger charge is -2.09. The van der Waals surface area contributed by atoms with Crippen LogP contribution in [-0.4, -0.2) is 66.4 Å². The Balaban J connectivity index is 0.000000142. The molecule has 0 fully saturated rings. The minimum atomic E-state index is -0.347. The molecule has 3 heterocycles. The van der Waals surface area contributed by atoms with Crippen LogP contribution in [0.2, 0.25) is 0 Å². The van der Waals surface area contributed by atoms with Crippen LogP contribution >= 0.6 is 0 Å². The Bertz CT molecular complexity index is 5290. The second kappa shape index (κ2) is 31.4. The molecule has 15 heteroatoms. The van der Waals surface area contributed by atoms with E-state index in [1.54, 1.807) is 134 Å². The molecule has 0 saturated carbocycles. The Labute approximate surface area is 576 Å². The molecule has 0 aliphatic rings. The molecule has 14 aromatic rings. The third-order valence-electron chi connectivity index (χ3n) is 16.5. The number of carbonyl (C=O) groups is 5. The summed E-state index contributed by atoms with van der Waals surface area (Å²) in [7, 11) is 0. The van der Waals surface area contributed by atoms with Crippen LogP contribution in [-0.2, 0) is 17.8 Å². The van der Waals surface area contributed by atoms with Crippen molar-refractivity contribution in [3.8, 4) is 61.8 Å². The van der Waals surface area contributed by atoms with E-state index in [-0.39, 0.29) is 46.7 Å². The zero-order chi connectivity index (χ0) is 69.3. The van der Waals surface area contributed by atoms with Gasteiger partial charge in [-0.15, -0.1) is 0 Å². The van der Waals surface area contributed by atoms with Gasteiger partial charge in [0.05, 0.1) is 12.2 Å². The van der Waals surface area contributed by atoms with E-state index in [1.807, 2.05) is 146 Å². The van der Waals surface area contributed by atoms with Crippen LogP contribution in [0.4, 0.5) is 5.69 Å². The van der Waals surface area contributed by atoms with Crippen LogP contribution in [0.25, 0.3) is 77.2 Å². The average Bonchev–Trinajstić information content (AvgIpc) is 0.811. The predicted octanol–water partition coefficient (Wildman–Crippen LogP) is 17.4. The molecule has 0 radical (unpaired) electrons. The molecule has 490 valence electrons. The minimum Gasteiger partial charge on any atom is -0.506 e. The van der Waals surface area contributed by atoms with E-state index >= 15 is 0 Å². The molecule has 14 rings (SSSR count). The minimum absolute atomic E-state index is 0.0694. The third kappa shape index (κ3) is 16.4. The molecule has 0 unspecified atom stereocenters. The fraction of sp³-hybridized carbons (Fsp3) is 0.0588. The fourth-order valence-corrected chi connectivity index (χ4v) is 11.3. The van der Waals surface area contributed by atoms with Crippen molar-refractivity contribution in [2.45, 2.75) is 26.4 Å². The summed E-state index contributed by atoms with van der Waals surface area (Å²) in [4.78, 5) is 75.5. The second-order valence-corrected chi connectivity index (χ2v) is 23.4. The van der Waals surface area contributed by atoms with Gasteiger partial charge in [-0.05, 0) is 189 Å². The Morgan fingerprint density at radius 3 is 1.15 bits per heavy atom. The summed E-state index contributed by atoms with van der Waals surface area (Å²) >= 11 is 0. The number of esters is 1. The van der Waals surface area contributed by atoms with Crippen molar-refractivity contribution >= 4 is 67.9 Å². The number of aromatic nitrogens is 3. The van der Waals surface area contributed by atoms with Gasteiger partial charge in [-0.25, -0.2) is 4.79 Å². The van der Waals surface area contributed by atoms with Gasteiger partial charge in [0.1, 0.15) is 33.8 Å². The SMILES string of the molecule is CCCOC(=O)c1ccc(CNC(=O)c2cccc(-c3cc(O)c4ncccc4c3)c2)cc1.O=C(NCc1ccc(-c2ccccc2)cc1)c1cccc(-c2cc(O)c3ncccc3c2)c1.O=C(Nc1ccc(C(=O)c2ccccc2)cc1)c1cccc(-c2cc(O)c3ncccc3c2)c1. The number of anilines is 1. The maximum absolute atomic E-state index is 12.9. The number of amides is 3. The normalized spacial score (nSPS) is 10.7. The first-order valence-corrected chi connectivity index (χ1v) is 32.3. The van der Waals surface area contributed by atoms with Crippen molar-refractivity contribution in [2.75, 3.05) is 11.9 Å². The van der Waals surface area contributed by atoms with E-state index in [0.29, 0.717) is 75.3 Å². The number of phenolic OH excluding ortho intramolecular Hbond substituents is 3. The molecule has 15 nitrogen and oxygen atoms in total. The predicted molar refractivity (Wildman–Crippen MR) is 392 cm³/mol. The van der Waals surface area contributed by atoms with Crippen molar-refractivity contribution in [1.82, 2.24) is 25.6 Å². The van der Waals surface area contributed by atoms with Crippen LogP contribution in [0.15, 0.2) is 298 Å². The number of nitrogens with one attached hydrogen (secondary N) is 3. The number of rotatable bonds is 17.